The Labute approximate surface area is 125 Å². The predicted molar refractivity (Wildman–Crippen MR) is 78.7 cm³/mol. The van der Waals surface area contributed by atoms with E-state index in [-0.39, 0.29) is 5.76 Å². The summed E-state index contributed by atoms with van der Waals surface area (Å²) in [5, 5.41) is 4.49. The number of nitrogens with zero attached hydrogens (tertiary/aromatic N) is 2. The van der Waals surface area contributed by atoms with Crippen LogP contribution < -0.4 is 10.9 Å². The van der Waals surface area contributed by atoms with Gasteiger partial charge in [-0.1, -0.05) is 0 Å². The lowest BCUT2D eigenvalue weighted by atomic mass is 10.3. The molecule has 2 aromatic heterocycles. The number of benzene rings is 1. The summed E-state index contributed by atoms with van der Waals surface area (Å²) >= 11 is 0. The summed E-state index contributed by atoms with van der Waals surface area (Å²) in [5.41, 5.74) is 7.32. The van der Waals surface area contributed by atoms with E-state index < -0.39 is 21.0 Å². The minimum Gasteiger partial charge on any atom is -0.438 e. The Kier molecular flexibility index (Phi) is 3.04. The Hall–Kier alpha value is -2.65. The van der Waals surface area contributed by atoms with Crippen molar-refractivity contribution in [1.82, 2.24) is 9.55 Å². The first-order valence-corrected chi connectivity index (χ1v) is 7.74. The van der Waals surface area contributed by atoms with E-state index in [2.05, 4.69) is 4.98 Å². The highest BCUT2D eigenvalue weighted by molar-refractivity contribution is 7.89. The molecule has 0 aliphatic heterocycles. The summed E-state index contributed by atoms with van der Waals surface area (Å²) in [5.74, 6) is -0.262. The number of carbonyl (C=O) groups is 1. The molecule has 2 heterocycles. The summed E-state index contributed by atoms with van der Waals surface area (Å²) in [6, 6.07) is 7.33. The Morgan fingerprint density at radius 1 is 1.27 bits per heavy atom. The zero-order valence-corrected chi connectivity index (χ0v) is 12.3. The molecule has 0 aliphatic rings. The van der Waals surface area contributed by atoms with E-state index in [4.69, 9.17) is 15.3 Å². The number of primary sulfonamides is 1. The number of imidazole rings is 1. The van der Waals surface area contributed by atoms with Crippen LogP contribution in [-0.2, 0) is 10.0 Å². The van der Waals surface area contributed by atoms with Gasteiger partial charge in [-0.2, -0.15) is 0 Å². The second-order valence-corrected chi connectivity index (χ2v) is 6.20. The van der Waals surface area contributed by atoms with Gasteiger partial charge < -0.3 is 10.2 Å². The second-order valence-electron chi connectivity index (χ2n) is 4.71. The quantitative estimate of drug-likeness (QED) is 0.672. The number of furan rings is 1. The lowest BCUT2D eigenvalue weighted by Gasteiger charge is -2.03. The summed E-state index contributed by atoms with van der Waals surface area (Å²) in [4.78, 5) is 16.8. The molecule has 0 fully saturated rings. The molecular weight excluding hydrogens is 308 g/mol. The van der Waals surface area contributed by atoms with Crippen molar-refractivity contribution in [3.8, 4) is 0 Å². The van der Waals surface area contributed by atoms with Gasteiger partial charge in [-0.05, 0) is 37.3 Å². The normalized spacial score (nSPS) is 11.9. The Bertz CT molecular complexity index is 1000. The van der Waals surface area contributed by atoms with Gasteiger partial charge in [0.2, 0.25) is 5.09 Å². The number of anilines is 1. The fourth-order valence-electron chi connectivity index (χ4n) is 2.17. The van der Waals surface area contributed by atoms with Gasteiger partial charge in [-0.25, -0.2) is 18.5 Å². The number of hydrogen-bond donors (Lipinski definition) is 2. The maximum atomic E-state index is 12.5. The van der Waals surface area contributed by atoms with Gasteiger partial charge in [-0.15, -0.1) is 0 Å². The van der Waals surface area contributed by atoms with E-state index in [1.807, 2.05) is 0 Å². The molecule has 22 heavy (non-hydrogen) atoms. The summed E-state index contributed by atoms with van der Waals surface area (Å²) in [7, 11) is -4.00. The maximum Gasteiger partial charge on any atom is 0.299 e. The van der Waals surface area contributed by atoms with Crippen LogP contribution in [0.2, 0.25) is 0 Å². The van der Waals surface area contributed by atoms with Crippen LogP contribution in [0.3, 0.4) is 0 Å². The van der Waals surface area contributed by atoms with Crippen LogP contribution in [0.15, 0.2) is 39.8 Å². The fourth-order valence-corrected chi connectivity index (χ4v) is 2.64. The monoisotopic (exact) mass is 320 g/mol. The van der Waals surface area contributed by atoms with Gasteiger partial charge in [0.15, 0.2) is 5.76 Å². The highest BCUT2D eigenvalue weighted by atomic mass is 32.2. The first-order valence-electron chi connectivity index (χ1n) is 6.19. The summed E-state index contributed by atoms with van der Waals surface area (Å²) in [6.07, 6.45) is 0. The van der Waals surface area contributed by atoms with E-state index in [9.17, 15) is 13.2 Å². The lowest BCUT2D eigenvalue weighted by Crippen LogP contribution is -2.13. The largest absolute Gasteiger partial charge is 0.438 e. The van der Waals surface area contributed by atoms with E-state index in [1.54, 1.807) is 25.1 Å². The number of nitrogens with two attached hydrogens (primary N) is 2. The molecule has 0 unspecified atom stereocenters. The molecule has 3 aromatic rings. The van der Waals surface area contributed by atoms with Crippen LogP contribution >= 0.6 is 0 Å². The predicted octanol–water partition coefficient (Wildman–Crippen LogP) is 0.856. The molecule has 0 atom stereocenters. The van der Waals surface area contributed by atoms with Gasteiger partial charge in [0.05, 0.1) is 11.0 Å². The molecule has 0 radical (unpaired) electrons. The molecule has 9 heteroatoms. The van der Waals surface area contributed by atoms with Gasteiger partial charge in [-0.3, -0.25) is 9.36 Å². The van der Waals surface area contributed by atoms with Crippen molar-refractivity contribution in [3.63, 3.8) is 0 Å². The first-order chi connectivity index (χ1) is 10.3. The van der Waals surface area contributed by atoms with Gasteiger partial charge in [0.25, 0.3) is 15.9 Å². The van der Waals surface area contributed by atoms with E-state index >= 15 is 0 Å². The van der Waals surface area contributed by atoms with E-state index in [0.717, 1.165) is 6.07 Å². The van der Waals surface area contributed by atoms with E-state index in [1.165, 1.54) is 10.6 Å². The van der Waals surface area contributed by atoms with Crippen molar-refractivity contribution < 1.29 is 17.6 Å². The van der Waals surface area contributed by atoms with Crippen LogP contribution in [0.4, 0.5) is 5.69 Å². The highest BCUT2D eigenvalue weighted by Crippen LogP contribution is 2.21. The minimum absolute atomic E-state index is 0.150. The van der Waals surface area contributed by atoms with Gasteiger partial charge in [0.1, 0.15) is 5.82 Å². The smallest absolute Gasteiger partial charge is 0.299 e. The van der Waals surface area contributed by atoms with Crippen molar-refractivity contribution in [2.45, 2.75) is 12.0 Å². The Morgan fingerprint density at radius 2 is 2.00 bits per heavy atom. The van der Waals surface area contributed by atoms with Crippen LogP contribution in [-0.4, -0.2) is 23.9 Å². The molecule has 3 rings (SSSR count). The number of fused-ring (bicyclic) bond motifs is 1. The van der Waals surface area contributed by atoms with Crippen molar-refractivity contribution in [3.05, 3.63) is 41.9 Å². The zero-order chi connectivity index (χ0) is 16.1. The average Bonchev–Trinajstić information content (AvgIpc) is 3.00. The standard InChI is InChI=1S/C13H12N4O4S/c1-7-16-9-6-8(14)2-3-10(9)17(7)13(18)11-4-5-12(21-11)22(15,19)20/h2-6H,14H2,1H3,(H2,15,19,20). The molecule has 8 nitrogen and oxygen atoms in total. The molecule has 0 spiro atoms. The third-order valence-electron chi connectivity index (χ3n) is 3.12. The van der Waals surface area contributed by atoms with Crippen LogP contribution in [0, 0.1) is 6.92 Å². The zero-order valence-electron chi connectivity index (χ0n) is 11.5. The molecular formula is C13H12N4O4S. The third-order valence-corrected chi connectivity index (χ3v) is 3.90. The van der Waals surface area contributed by atoms with Crippen molar-refractivity contribution in [2.24, 2.45) is 5.14 Å². The number of carbonyl (C=O) groups excluding carboxylic acids is 1. The van der Waals surface area contributed by atoms with Gasteiger partial charge in [0, 0.05) is 5.69 Å². The Morgan fingerprint density at radius 3 is 2.64 bits per heavy atom. The number of sulfonamides is 1. The molecule has 114 valence electrons. The highest BCUT2D eigenvalue weighted by Gasteiger charge is 2.21. The number of aromatic nitrogens is 2. The van der Waals surface area contributed by atoms with Crippen molar-refractivity contribution in [2.75, 3.05) is 5.73 Å². The molecule has 0 bridgehead atoms. The van der Waals surface area contributed by atoms with Crippen molar-refractivity contribution in [1.29, 1.82) is 0 Å². The summed E-state index contributed by atoms with van der Waals surface area (Å²) < 4.78 is 28.8. The third kappa shape index (κ3) is 2.26. The van der Waals surface area contributed by atoms with Crippen LogP contribution in [0.5, 0.6) is 0 Å². The number of nitrogen functional groups attached to an aromatic ring is 1. The average molecular weight is 320 g/mol. The van der Waals surface area contributed by atoms with Gasteiger partial charge >= 0.3 is 0 Å². The molecule has 1 aromatic carbocycles. The molecule has 0 aliphatic carbocycles. The molecule has 0 saturated carbocycles. The number of aryl methyl sites for hydroxylation is 1. The van der Waals surface area contributed by atoms with Crippen LogP contribution in [0.1, 0.15) is 16.4 Å². The number of rotatable bonds is 2. The maximum absolute atomic E-state index is 12.5. The Balaban J connectivity index is 2.13. The SMILES string of the molecule is Cc1nc2cc(N)ccc2n1C(=O)c1ccc(S(N)(=O)=O)o1. The molecule has 0 saturated heterocycles. The van der Waals surface area contributed by atoms with E-state index in [0.29, 0.717) is 22.5 Å². The topological polar surface area (TPSA) is 134 Å². The second kappa shape index (κ2) is 4.68. The molecule has 4 N–H and O–H groups in total. The summed E-state index contributed by atoms with van der Waals surface area (Å²) in [6.45, 7) is 1.65. The molecule has 0 amide bonds. The fraction of sp³-hybridized carbons (Fsp3) is 0.0769. The van der Waals surface area contributed by atoms with Crippen LogP contribution in [0.25, 0.3) is 11.0 Å². The van der Waals surface area contributed by atoms with Crippen molar-refractivity contribution >= 4 is 32.7 Å². The minimum atomic E-state index is -4.00. The number of hydrogen-bond acceptors (Lipinski definition) is 6. The lowest BCUT2D eigenvalue weighted by molar-refractivity contribution is 0.0929. The first kappa shape index (κ1) is 14.3.